The molecule has 0 saturated carbocycles. The van der Waals surface area contributed by atoms with Crippen LogP contribution >= 0.6 is 0 Å². The molecule has 10 heteroatoms. The number of carbonyl (C=O) groups excluding carboxylic acids is 2. The van der Waals surface area contributed by atoms with Crippen molar-refractivity contribution in [2.24, 2.45) is 5.92 Å². The lowest BCUT2D eigenvalue weighted by Crippen LogP contribution is -2.60. The summed E-state index contributed by atoms with van der Waals surface area (Å²) in [6.07, 6.45) is -3.92. The lowest BCUT2D eigenvalue weighted by molar-refractivity contribution is -0.147. The highest BCUT2D eigenvalue weighted by atomic mass is 16.5. The molecule has 0 aromatic carbocycles. The van der Waals surface area contributed by atoms with Gasteiger partial charge in [0, 0.05) is 19.4 Å². The molecular weight excluding hydrogens is 360 g/mol. The number of carboxylic acids is 1. The standard InChI is InChI=1S/C17H28N2O8/c1-4-9(5-2)16(24)18-7-11(22)14(23)15-13(19-8(3)20)10(21)6-12(27-15)17(25)26/h6,9-11,13-15,21-23H,4-5,7H2,1-3H3,(H,18,24)(H,19,20)(H,25,26)/t10-,11+,13?,14+,15?/m1/s1. The van der Waals surface area contributed by atoms with Crippen LogP contribution in [0.25, 0.3) is 0 Å². The molecule has 2 amide bonds. The van der Waals surface area contributed by atoms with E-state index in [9.17, 15) is 29.7 Å². The molecule has 1 aliphatic rings. The Morgan fingerprint density at radius 2 is 1.81 bits per heavy atom. The first-order valence-corrected chi connectivity index (χ1v) is 8.83. The molecule has 5 atom stereocenters. The Morgan fingerprint density at radius 3 is 2.30 bits per heavy atom. The molecule has 1 heterocycles. The summed E-state index contributed by atoms with van der Waals surface area (Å²) >= 11 is 0. The normalized spacial score (nSPS) is 24.4. The molecule has 0 aliphatic carbocycles. The second-order valence-corrected chi connectivity index (χ2v) is 6.45. The molecule has 0 radical (unpaired) electrons. The number of aliphatic hydroxyl groups excluding tert-OH is 3. The number of ether oxygens (including phenoxy) is 1. The first kappa shape index (κ1) is 22.9. The number of nitrogens with one attached hydrogen (secondary N) is 2. The predicted molar refractivity (Wildman–Crippen MR) is 93.3 cm³/mol. The Morgan fingerprint density at radius 1 is 1.22 bits per heavy atom. The van der Waals surface area contributed by atoms with Gasteiger partial charge >= 0.3 is 5.97 Å². The Balaban J connectivity index is 2.87. The molecule has 0 aromatic rings. The molecule has 2 unspecified atom stereocenters. The summed E-state index contributed by atoms with van der Waals surface area (Å²) in [4.78, 5) is 34.5. The summed E-state index contributed by atoms with van der Waals surface area (Å²) in [5.74, 6) is -3.12. The molecule has 0 aromatic heterocycles. The molecule has 0 bridgehead atoms. The zero-order chi connectivity index (χ0) is 20.7. The number of carbonyl (C=O) groups is 3. The van der Waals surface area contributed by atoms with Crippen molar-refractivity contribution in [1.82, 2.24) is 10.6 Å². The summed E-state index contributed by atoms with van der Waals surface area (Å²) in [5, 5.41) is 44.6. The van der Waals surface area contributed by atoms with E-state index in [1.165, 1.54) is 6.92 Å². The number of rotatable bonds is 9. The largest absolute Gasteiger partial charge is 0.478 e. The van der Waals surface area contributed by atoms with Gasteiger partial charge in [0.1, 0.15) is 18.3 Å². The predicted octanol–water partition coefficient (Wildman–Crippen LogP) is -1.51. The van der Waals surface area contributed by atoms with Crippen molar-refractivity contribution in [3.05, 3.63) is 11.8 Å². The van der Waals surface area contributed by atoms with Crippen LogP contribution in [0, 0.1) is 5.92 Å². The zero-order valence-corrected chi connectivity index (χ0v) is 15.6. The molecule has 27 heavy (non-hydrogen) atoms. The summed E-state index contributed by atoms with van der Waals surface area (Å²) in [6.45, 7) is 4.59. The third kappa shape index (κ3) is 6.19. The van der Waals surface area contributed by atoms with Gasteiger partial charge in [-0.15, -0.1) is 0 Å². The summed E-state index contributed by atoms with van der Waals surface area (Å²) in [7, 11) is 0. The van der Waals surface area contributed by atoms with Crippen molar-refractivity contribution in [2.75, 3.05) is 6.54 Å². The van der Waals surface area contributed by atoms with E-state index < -0.39 is 48.1 Å². The van der Waals surface area contributed by atoms with E-state index in [0.29, 0.717) is 12.8 Å². The van der Waals surface area contributed by atoms with Crippen LogP contribution in [0.3, 0.4) is 0 Å². The molecule has 10 nitrogen and oxygen atoms in total. The fourth-order valence-corrected chi connectivity index (χ4v) is 2.87. The minimum absolute atomic E-state index is 0.226. The zero-order valence-electron chi connectivity index (χ0n) is 15.6. The Kier molecular flexibility index (Phi) is 8.67. The van der Waals surface area contributed by atoms with Gasteiger partial charge in [-0.2, -0.15) is 0 Å². The minimum atomic E-state index is -1.68. The van der Waals surface area contributed by atoms with Crippen LogP contribution in [-0.2, 0) is 19.1 Å². The van der Waals surface area contributed by atoms with E-state index in [0.717, 1.165) is 6.08 Å². The molecule has 0 fully saturated rings. The number of hydrogen-bond acceptors (Lipinski definition) is 7. The van der Waals surface area contributed by atoms with Gasteiger partial charge in [-0.3, -0.25) is 9.59 Å². The number of aliphatic hydroxyl groups is 3. The van der Waals surface area contributed by atoms with Gasteiger partial charge < -0.3 is 35.8 Å². The van der Waals surface area contributed by atoms with Gasteiger partial charge in [0.25, 0.3) is 0 Å². The summed E-state index contributed by atoms with van der Waals surface area (Å²) < 4.78 is 5.18. The van der Waals surface area contributed by atoms with Crippen LogP contribution in [0.15, 0.2) is 11.8 Å². The molecule has 1 rings (SSSR count). The van der Waals surface area contributed by atoms with E-state index in [2.05, 4.69) is 10.6 Å². The highest BCUT2D eigenvalue weighted by molar-refractivity contribution is 5.84. The van der Waals surface area contributed by atoms with Crippen molar-refractivity contribution < 1.29 is 39.5 Å². The quantitative estimate of drug-likeness (QED) is 0.277. The average Bonchev–Trinajstić information content (AvgIpc) is 2.61. The van der Waals surface area contributed by atoms with Gasteiger partial charge in [0.05, 0.1) is 6.04 Å². The highest BCUT2D eigenvalue weighted by Gasteiger charge is 2.43. The summed E-state index contributed by atoms with van der Waals surface area (Å²) in [5.41, 5.74) is 0. The highest BCUT2D eigenvalue weighted by Crippen LogP contribution is 2.23. The van der Waals surface area contributed by atoms with Gasteiger partial charge in [-0.25, -0.2) is 4.79 Å². The third-order valence-electron chi connectivity index (χ3n) is 4.46. The summed E-state index contributed by atoms with van der Waals surface area (Å²) in [6, 6.07) is -1.18. The molecule has 154 valence electrons. The van der Waals surface area contributed by atoms with E-state index >= 15 is 0 Å². The fourth-order valence-electron chi connectivity index (χ4n) is 2.87. The Labute approximate surface area is 157 Å². The van der Waals surface area contributed by atoms with Gasteiger partial charge in [0.2, 0.25) is 17.6 Å². The van der Waals surface area contributed by atoms with Gasteiger partial charge in [-0.1, -0.05) is 13.8 Å². The molecule has 0 saturated heterocycles. The van der Waals surface area contributed by atoms with Crippen molar-refractivity contribution in [2.45, 2.75) is 64.1 Å². The van der Waals surface area contributed by atoms with Crippen LogP contribution in [0.4, 0.5) is 0 Å². The minimum Gasteiger partial charge on any atom is -0.478 e. The fraction of sp³-hybridized carbons (Fsp3) is 0.706. The Bertz CT molecular complexity index is 575. The first-order chi connectivity index (χ1) is 12.6. The number of carboxylic acid groups (broad SMARTS) is 1. The van der Waals surface area contributed by atoms with Gasteiger partial charge in [0.15, 0.2) is 6.10 Å². The SMILES string of the molecule is CCC(CC)C(=O)NC[C@H](O)[C@H](O)C1OC(C(=O)O)=C[C@@H](O)C1NC(C)=O. The lowest BCUT2D eigenvalue weighted by Gasteiger charge is -2.38. The van der Waals surface area contributed by atoms with Crippen molar-refractivity contribution in [3.8, 4) is 0 Å². The number of hydrogen-bond donors (Lipinski definition) is 6. The number of aliphatic carboxylic acids is 1. The van der Waals surface area contributed by atoms with E-state index in [1.807, 2.05) is 13.8 Å². The van der Waals surface area contributed by atoms with Gasteiger partial charge in [-0.05, 0) is 18.9 Å². The maximum absolute atomic E-state index is 12.0. The van der Waals surface area contributed by atoms with Crippen molar-refractivity contribution in [3.63, 3.8) is 0 Å². The molecule has 1 aliphatic heterocycles. The monoisotopic (exact) mass is 388 g/mol. The third-order valence-corrected chi connectivity index (χ3v) is 4.46. The van der Waals surface area contributed by atoms with Crippen molar-refractivity contribution >= 4 is 17.8 Å². The van der Waals surface area contributed by atoms with Crippen LogP contribution < -0.4 is 10.6 Å². The van der Waals surface area contributed by atoms with E-state index in [1.54, 1.807) is 0 Å². The second kappa shape index (κ2) is 10.2. The number of amides is 2. The molecule has 6 N–H and O–H groups in total. The van der Waals surface area contributed by atoms with Crippen LogP contribution in [0.1, 0.15) is 33.6 Å². The average molecular weight is 388 g/mol. The topological polar surface area (TPSA) is 165 Å². The lowest BCUT2D eigenvalue weighted by atomic mass is 9.93. The Hall–Kier alpha value is -2.17. The maximum atomic E-state index is 12.0. The molecule has 0 spiro atoms. The van der Waals surface area contributed by atoms with Crippen molar-refractivity contribution in [1.29, 1.82) is 0 Å². The molecular formula is C17H28N2O8. The van der Waals surface area contributed by atoms with Crippen LogP contribution in [-0.4, -0.2) is 75.2 Å². The van der Waals surface area contributed by atoms with E-state index in [4.69, 9.17) is 9.84 Å². The van der Waals surface area contributed by atoms with Crippen LogP contribution in [0.5, 0.6) is 0 Å². The second-order valence-electron chi connectivity index (χ2n) is 6.45. The maximum Gasteiger partial charge on any atom is 0.370 e. The van der Waals surface area contributed by atoms with Crippen LogP contribution in [0.2, 0.25) is 0 Å². The van der Waals surface area contributed by atoms with E-state index in [-0.39, 0.29) is 18.4 Å². The first-order valence-electron chi connectivity index (χ1n) is 8.83. The smallest absolute Gasteiger partial charge is 0.370 e.